The van der Waals surface area contributed by atoms with E-state index in [-0.39, 0.29) is 18.9 Å². The Kier molecular flexibility index (Phi) is 5.17. The van der Waals surface area contributed by atoms with Crippen LogP contribution in [0.15, 0.2) is 48.5 Å². The first kappa shape index (κ1) is 17.5. The van der Waals surface area contributed by atoms with Gasteiger partial charge in [-0.1, -0.05) is 36.4 Å². The second-order valence-electron chi connectivity index (χ2n) is 6.10. The molecule has 1 unspecified atom stereocenters. The normalized spacial score (nSPS) is 11.9. The first-order valence-electron chi connectivity index (χ1n) is 8.35. The van der Waals surface area contributed by atoms with Crippen molar-refractivity contribution < 1.29 is 9.59 Å². The lowest BCUT2D eigenvalue weighted by molar-refractivity contribution is -0.121. The number of nitrogens with zero attached hydrogens (tertiary/aromatic N) is 1. The number of aromatic amines is 1. The second kappa shape index (κ2) is 7.69. The molecule has 0 radical (unpaired) electrons. The molecule has 0 bridgehead atoms. The molecule has 3 aromatic rings. The molecule has 0 saturated heterocycles. The van der Waals surface area contributed by atoms with Gasteiger partial charge in [0, 0.05) is 0 Å². The fraction of sp³-hybridized carbons (Fsp3) is 0.211. The first-order chi connectivity index (χ1) is 12.5. The number of nitrogens with one attached hydrogen (secondary N) is 3. The van der Waals surface area contributed by atoms with Crippen LogP contribution in [0.5, 0.6) is 0 Å². The Labute approximate surface area is 151 Å². The Bertz CT molecular complexity index is 901. The van der Waals surface area contributed by atoms with Crippen molar-refractivity contribution in [3.63, 3.8) is 0 Å². The molecule has 1 atom stereocenters. The molecule has 3 amide bonds. The fourth-order valence-electron chi connectivity index (χ4n) is 2.92. The summed E-state index contributed by atoms with van der Waals surface area (Å²) in [5.41, 5.74) is 8.89. The minimum Gasteiger partial charge on any atom is -0.352 e. The molecule has 0 fully saturated rings. The molecule has 134 valence electrons. The standard InChI is InChI=1S/C19H21N5O2/c1-12-6-2-3-7-13(12)16(24-19(20)26)10-18(25)21-11-17-22-14-8-4-5-9-15(14)23-17/h2-9,16H,10-11H2,1H3,(H,21,25)(H,22,23)(H3,20,24,26). The van der Waals surface area contributed by atoms with Gasteiger partial charge in [0.2, 0.25) is 5.91 Å². The van der Waals surface area contributed by atoms with Crippen LogP contribution >= 0.6 is 0 Å². The maximum Gasteiger partial charge on any atom is 0.312 e. The van der Waals surface area contributed by atoms with Gasteiger partial charge in [-0.05, 0) is 30.2 Å². The zero-order chi connectivity index (χ0) is 18.5. The van der Waals surface area contributed by atoms with E-state index in [0.717, 1.165) is 22.2 Å². The number of hydrogen-bond donors (Lipinski definition) is 4. The molecule has 0 aliphatic carbocycles. The van der Waals surface area contributed by atoms with E-state index < -0.39 is 12.1 Å². The minimum atomic E-state index is -0.664. The van der Waals surface area contributed by atoms with Crippen LogP contribution in [0.2, 0.25) is 0 Å². The minimum absolute atomic E-state index is 0.0913. The highest BCUT2D eigenvalue weighted by Crippen LogP contribution is 2.20. The van der Waals surface area contributed by atoms with Gasteiger partial charge in [0.1, 0.15) is 5.82 Å². The number of urea groups is 1. The van der Waals surface area contributed by atoms with Gasteiger partial charge >= 0.3 is 6.03 Å². The van der Waals surface area contributed by atoms with Crippen LogP contribution in [-0.2, 0) is 11.3 Å². The van der Waals surface area contributed by atoms with Crippen LogP contribution in [0.4, 0.5) is 4.79 Å². The fourth-order valence-corrected chi connectivity index (χ4v) is 2.92. The Hall–Kier alpha value is -3.35. The van der Waals surface area contributed by atoms with Crippen LogP contribution in [0.25, 0.3) is 11.0 Å². The highest BCUT2D eigenvalue weighted by Gasteiger charge is 2.19. The number of H-pyrrole nitrogens is 1. The molecule has 26 heavy (non-hydrogen) atoms. The number of para-hydroxylation sites is 2. The van der Waals surface area contributed by atoms with Crippen molar-refractivity contribution in [3.8, 4) is 0 Å². The molecule has 7 heteroatoms. The zero-order valence-electron chi connectivity index (χ0n) is 14.5. The summed E-state index contributed by atoms with van der Waals surface area (Å²) in [5.74, 6) is 0.474. The third-order valence-corrected chi connectivity index (χ3v) is 4.16. The van der Waals surface area contributed by atoms with Crippen molar-refractivity contribution in [2.45, 2.75) is 25.9 Å². The monoisotopic (exact) mass is 351 g/mol. The molecule has 0 saturated carbocycles. The summed E-state index contributed by atoms with van der Waals surface area (Å²) in [6, 6.07) is 14.1. The van der Waals surface area contributed by atoms with E-state index in [0.29, 0.717) is 5.82 Å². The molecule has 7 nitrogen and oxygen atoms in total. The van der Waals surface area contributed by atoms with E-state index >= 15 is 0 Å². The second-order valence-corrected chi connectivity index (χ2v) is 6.10. The third kappa shape index (κ3) is 4.18. The summed E-state index contributed by atoms with van der Waals surface area (Å²) in [6.07, 6.45) is 0.0913. The van der Waals surface area contributed by atoms with Crippen LogP contribution in [0, 0.1) is 6.92 Å². The average Bonchev–Trinajstić information content (AvgIpc) is 3.02. The Balaban J connectivity index is 1.65. The third-order valence-electron chi connectivity index (χ3n) is 4.16. The van der Waals surface area contributed by atoms with Crippen LogP contribution in [-0.4, -0.2) is 21.9 Å². The summed E-state index contributed by atoms with van der Waals surface area (Å²) in [6.45, 7) is 2.21. The van der Waals surface area contributed by atoms with Crippen LogP contribution in [0.3, 0.4) is 0 Å². The number of fused-ring (bicyclic) bond motifs is 1. The summed E-state index contributed by atoms with van der Waals surface area (Å²) in [5, 5.41) is 5.47. The number of nitrogens with two attached hydrogens (primary N) is 1. The van der Waals surface area contributed by atoms with Gasteiger partial charge < -0.3 is 21.4 Å². The van der Waals surface area contributed by atoms with Crippen LogP contribution < -0.4 is 16.4 Å². The quantitative estimate of drug-likeness (QED) is 0.546. The smallest absolute Gasteiger partial charge is 0.312 e. The van der Waals surface area contributed by atoms with E-state index in [1.54, 1.807) is 0 Å². The first-order valence-corrected chi connectivity index (χ1v) is 8.35. The van der Waals surface area contributed by atoms with Gasteiger partial charge in [-0.3, -0.25) is 4.79 Å². The molecule has 0 aliphatic rings. The van der Waals surface area contributed by atoms with Gasteiger partial charge in [0.25, 0.3) is 0 Å². The lowest BCUT2D eigenvalue weighted by atomic mass is 9.98. The summed E-state index contributed by atoms with van der Waals surface area (Å²) < 4.78 is 0. The van der Waals surface area contributed by atoms with E-state index in [1.165, 1.54) is 0 Å². The number of aromatic nitrogens is 2. The maximum absolute atomic E-state index is 12.4. The maximum atomic E-state index is 12.4. The van der Waals surface area contributed by atoms with Gasteiger partial charge in [-0.2, -0.15) is 0 Å². The molecule has 1 heterocycles. The Morgan fingerprint density at radius 3 is 2.62 bits per heavy atom. The Morgan fingerprint density at radius 2 is 1.88 bits per heavy atom. The number of benzene rings is 2. The highest BCUT2D eigenvalue weighted by atomic mass is 16.2. The summed E-state index contributed by atoms with van der Waals surface area (Å²) >= 11 is 0. The van der Waals surface area contributed by atoms with Crippen molar-refractivity contribution in [2.24, 2.45) is 5.73 Å². The van der Waals surface area contributed by atoms with Gasteiger partial charge in [-0.25, -0.2) is 9.78 Å². The zero-order valence-corrected chi connectivity index (χ0v) is 14.5. The van der Waals surface area contributed by atoms with Crippen molar-refractivity contribution >= 4 is 23.0 Å². The van der Waals surface area contributed by atoms with E-state index in [1.807, 2.05) is 55.5 Å². The topological polar surface area (TPSA) is 113 Å². The van der Waals surface area contributed by atoms with Crippen molar-refractivity contribution in [3.05, 3.63) is 65.5 Å². The summed E-state index contributed by atoms with van der Waals surface area (Å²) in [4.78, 5) is 31.3. The molecular weight excluding hydrogens is 330 g/mol. The molecule has 1 aromatic heterocycles. The molecule has 3 rings (SSSR count). The molecular formula is C19H21N5O2. The van der Waals surface area contributed by atoms with Crippen molar-refractivity contribution in [1.82, 2.24) is 20.6 Å². The number of primary amides is 1. The van der Waals surface area contributed by atoms with E-state index in [2.05, 4.69) is 20.6 Å². The Morgan fingerprint density at radius 1 is 1.15 bits per heavy atom. The highest BCUT2D eigenvalue weighted by molar-refractivity contribution is 5.79. The van der Waals surface area contributed by atoms with E-state index in [4.69, 9.17) is 5.73 Å². The van der Waals surface area contributed by atoms with Gasteiger partial charge in [0.15, 0.2) is 0 Å². The predicted octanol–water partition coefficient (Wildman–Crippen LogP) is 2.29. The molecule has 5 N–H and O–H groups in total. The molecule has 0 spiro atoms. The summed E-state index contributed by atoms with van der Waals surface area (Å²) in [7, 11) is 0. The predicted molar refractivity (Wildman–Crippen MR) is 99.2 cm³/mol. The van der Waals surface area contributed by atoms with Crippen molar-refractivity contribution in [1.29, 1.82) is 0 Å². The largest absolute Gasteiger partial charge is 0.352 e. The number of amides is 3. The van der Waals surface area contributed by atoms with E-state index in [9.17, 15) is 9.59 Å². The van der Waals surface area contributed by atoms with Gasteiger partial charge in [0.05, 0.1) is 30.0 Å². The van der Waals surface area contributed by atoms with Gasteiger partial charge in [-0.15, -0.1) is 0 Å². The lowest BCUT2D eigenvalue weighted by Gasteiger charge is -2.19. The SMILES string of the molecule is Cc1ccccc1C(CC(=O)NCc1nc2ccccc2[nH]1)NC(N)=O. The number of aryl methyl sites for hydroxylation is 1. The average molecular weight is 351 g/mol. The number of carbonyl (C=O) groups is 2. The number of rotatable bonds is 6. The van der Waals surface area contributed by atoms with Crippen molar-refractivity contribution in [2.75, 3.05) is 0 Å². The number of carbonyl (C=O) groups excluding carboxylic acids is 2. The lowest BCUT2D eigenvalue weighted by Crippen LogP contribution is -2.37. The van der Waals surface area contributed by atoms with Crippen LogP contribution in [0.1, 0.15) is 29.4 Å². The number of imidazole rings is 1. The number of hydrogen-bond acceptors (Lipinski definition) is 3. The molecule has 2 aromatic carbocycles. The molecule has 0 aliphatic heterocycles.